The van der Waals surface area contributed by atoms with E-state index < -0.39 is 6.43 Å². The number of rotatable bonds is 12. The number of halogens is 2. The second kappa shape index (κ2) is 15.7. The molecule has 0 saturated heterocycles. The molecule has 0 amide bonds. The Morgan fingerprint density at radius 2 is 1.54 bits per heavy atom. The first kappa shape index (κ1) is 38.7. The molecule has 0 saturated carbocycles. The van der Waals surface area contributed by atoms with Crippen molar-refractivity contribution in [1.82, 2.24) is 0 Å². The van der Waals surface area contributed by atoms with Gasteiger partial charge in [-0.15, -0.1) is 0 Å². The van der Waals surface area contributed by atoms with Crippen LogP contribution in [-0.2, 0) is 17.3 Å². The molecule has 0 unspecified atom stereocenters. The fraction of sp³-hybridized carbons (Fsp3) is 0.340. The largest absolute Gasteiger partial charge is 0.344 e. The molecule has 56 heavy (non-hydrogen) atoms. The normalized spacial score (nSPS) is 19.3. The maximum Gasteiger partial charge on any atom is 0.265 e. The van der Waals surface area contributed by atoms with E-state index in [-0.39, 0.29) is 16.4 Å². The predicted molar refractivity (Wildman–Crippen MR) is 242 cm³/mol. The van der Waals surface area contributed by atoms with Crippen molar-refractivity contribution in [2.75, 3.05) is 29.5 Å². The monoisotopic (exact) mass is 783 g/mol. The topological polar surface area (TPSA) is 6.25 Å². The second-order valence-corrected chi connectivity index (χ2v) is 17.5. The minimum Gasteiger partial charge on any atom is -0.344 e. The lowest BCUT2D eigenvalue weighted by Crippen LogP contribution is -2.29. The number of anilines is 1. The highest BCUT2D eigenvalue weighted by atomic mass is 32.1. The second-order valence-electron chi connectivity index (χ2n) is 16.6. The molecule has 2 nitrogen and oxygen atoms in total. The first-order valence-corrected chi connectivity index (χ1v) is 21.6. The maximum absolute atomic E-state index is 15.7. The highest BCUT2D eigenvalue weighted by Crippen LogP contribution is 2.52. The summed E-state index contributed by atoms with van der Waals surface area (Å²) in [5, 5.41) is 2.45. The number of benzene rings is 4. The van der Waals surface area contributed by atoms with Gasteiger partial charge in [-0.25, -0.2) is 8.78 Å². The number of hydrogen-bond donors (Lipinski definition) is 2. The number of thiol groups is 2. The molecular weight excluding hydrogens is 731 g/mol. The standard InChI is InChI=1S/C50H52F2N2S2/c1-49(2)43(53(29-11-13-31-55)41-25-21-33-15-5-7-17-35(33)46(41)49)27-23-39-37-19-9-10-20-38(37)40(45(39)48(51)52)24-28-44-50(3,4)47-36-18-8-6-16-34(36)22-26-42(47)54(44)30-12-14-32-56/h5-7,9-10,15-17,19-28,48H,8,11-14,18,29-32H2,1-4H3,(H-,55,56)/p+1. The Balaban J connectivity index is 1.25. The molecule has 0 N–H and O–H groups in total. The van der Waals surface area contributed by atoms with Crippen molar-refractivity contribution in [3.8, 4) is 0 Å². The Bertz CT molecular complexity index is 2390. The molecule has 0 bridgehead atoms. The number of nitrogens with zero attached hydrogens (tertiary/aromatic N) is 2. The van der Waals surface area contributed by atoms with Crippen molar-refractivity contribution in [2.24, 2.45) is 0 Å². The molecule has 0 spiro atoms. The van der Waals surface area contributed by atoms with Gasteiger partial charge < -0.3 is 4.90 Å². The van der Waals surface area contributed by atoms with Crippen LogP contribution in [-0.4, -0.2) is 41.3 Å². The lowest BCUT2D eigenvalue weighted by Gasteiger charge is -2.27. The summed E-state index contributed by atoms with van der Waals surface area (Å²) in [7, 11) is 0. The smallest absolute Gasteiger partial charge is 0.265 e. The van der Waals surface area contributed by atoms with Crippen LogP contribution < -0.4 is 4.90 Å². The Morgan fingerprint density at radius 3 is 2.32 bits per heavy atom. The van der Waals surface area contributed by atoms with Gasteiger partial charge in [-0.05, 0) is 131 Å². The van der Waals surface area contributed by atoms with Crippen molar-refractivity contribution in [3.05, 3.63) is 148 Å². The van der Waals surface area contributed by atoms with Crippen LogP contribution in [0.3, 0.4) is 0 Å². The molecule has 0 fully saturated rings. The van der Waals surface area contributed by atoms with Gasteiger partial charge in [0.15, 0.2) is 5.71 Å². The van der Waals surface area contributed by atoms with Gasteiger partial charge in [0.1, 0.15) is 6.54 Å². The van der Waals surface area contributed by atoms with Crippen LogP contribution in [0, 0.1) is 0 Å². The highest BCUT2D eigenvalue weighted by molar-refractivity contribution is 7.80. The zero-order valence-electron chi connectivity index (χ0n) is 33.1. The third-order valence-corrected chi connectivity index (χ3v) is 13.1. The molecule has 2 aliphatic heterocycles. The van der Waals surface area contributed by atoms with Crippen LogP contribution in [0.25, 0.3) is 28.0 Å². The first-order valence-electron chi connectivity index (χ1n) is 20.3. The highest BCUT2D eigenvalue weighted by Gasteiger charge is 2.47. The lowest BCUT2D eigenvalue weighted by molar-refractivity contribution is -0.438. The fourth-order valence-electron chi connectivity index (χ4n) is 9.92. The van der Waals surface area contributed by atoms with Gasteiger partial charge in [0.2, 0.25) is 5.69 Å². The molecule has 0 aromatic heterocycles. The van der Waals surface area contributed by atoms with Gasteiger partial charge in [-0.1, -0.05) is 86.7 Å². The molecule has 2 aliphatic carbocycles. The summed E-state index contributed by atoms with van der Waals surface area (Å²) in [6, 6.07) is 25.5. The van der Waals surface area contributed by atoms with E-state index in [9.17, 15) is 0 Å². The van der Waals surface area contributed by atoms with Gasteiger partial charge in [0, 0.05) is 53.0 Å². The van der Waals surface area contributed by atoms with Gasteiger partial charge in [0.25, 0.3) is 6.43 Å². The van der Waals surface area contributed by atoms with Crippen molar-refractivity contribution in [1.29, 1.82) is 0 Å². The van der Waals surface area contributed by atoms with E-state index in [1.54, 1.807) is 0 Å². The zero-order chi connectivity index (χ0) is 39.2. The van der Waals surface area contributed by atoms with Crippen molar-refractivity contribution in [3.63, 3.8) is 0 Å². The van der Waals surface area contributed by atoms with Crippen molar-refractivity contribution >= 4 is 70.3 Å². The number of hydrogen-bond acceptors (Lipinski definition) is 3. The zero-order valence-corrected chi connectivity index (χ0v) is 34.9. The Kier molecular flexibility index (Phi) is 10.8. The van der Waals surface area contributed by atoms with Crippen LogP contribution >= 0.6 is 25.3 Å². The molecule has 4 aromatic rings. The van der Waals surface area contributed by atoms with E-state index in [1.807, 2.05) is 36.4 Å². The van der Waals surface area contributed by atoms with Crippen LogP contribution in [0.2, 0.25) is 0 Å². The molecular formula is C50H53F2N2S2+. The van der Waals surface area contributed by atoms with Crippen LogP contribution in [0.4, 0.5) is 20.2 Å². The summed E-state index contributed by atoms with van der Waals surface area (Å²) in [5.41, 5.74) is 12.5. The van der Waals surface area contributed by atoms with E-state index in [0.29, 0.717) is 11.1 Å². The number of unbranched alkanes of at least 4 members (excludes halogenated alkanes) is 2. The molecule has 288 valence electrons. The van der Waals surface area contributed by atoms with Crippen LogP contribution in [0.15, 0.2) is 114 Å². The van der Waals surface area contributed by atoms with Crippen molar-refractivity contribution < 1.29 is 13.4 Å². The Labute approximate surface area is 342 Å². The summed E-state index contributed by atoms with van der Waals surface area (Å²) in [6.07, 6.45) is 16.2. The summed E-state index contributed by atoms with van der Waals surface area (Å²) in [5.74, 6) is 1.67. The van der Waals surface area contributed by atoms with E-state index in [4.69, 9.17) is 0 Å². The van der Waals surface area contributed by atoms with Gasteiger partial charge in [-0.3, -0.25) is 0 Å². The van der Waals surface area contributed by atoms with E-state index in [0.717, 1.165) is 85.7 Å². The average molecular weight is 784 g/mol. The first-order chi connectivity index (χ1) is 27.1. The SMILES string of the molecule is CC1(C)C(C=CC2=C(C(F)F)C(=CC=C3N(CCCCS)c4ccc5ccccc5c4C3(C)C)c3ccccc32)=[N+](CCCCS)c2ccc3c(c21)CCC=C3. The number of allylic oxidation sites excluding steroid dienone is 9. The summed E-state index contributed by atoms with van der Waals surface area (Å²) in [6.45, 7) is 10.9. The quantitative estimate of drug-likeness (QED) is 0.0824. The van der Waals surface area contributed by atoms with Crippen LogP contribution in [0.5, 0.6) is 0 Å². The van der Waals surface area contributed by atoms with E-state index in [2.05, 4.69) is 135 Å². The van der Waals surface area contributed by atoms with Gasteiger partial charge in [-0.2, -0.15) is 29.8 Å². The minimum absolute atomic E-state index is 0.0951. The summed E-state index contributed by atoms with van der Waals surface area (Å²) >= 11 is 9.01. The molecule has 4 aromatic carbocycles. The third-order valence-electron chi connectivity index (χ3n) is 12.5. The van der Waals surface area contributed by atoms with Gasteiger partial charge in [0.05, 0.1) is 5.41 Å². The summed E-state index contributed by atoms with van der Waals surface area (Å²) < 4.78 is 33.8. The summed E-state index contributed by atoms with van der Waals surface area (Å²) in [4.78, 5) is 2.42. The maximum atomic E-state index is 15.7. The van der Waals surface area contributed by atoms with Crippen LogP contribution in [0.1, 0.15) is 93.2 Å². The fourth-order valence-corrected chi connectivity index (χ4v) is 10.4. The molecule has 2 heterocycles. The Hall–Kier alpha value is -4.13. The van der Waals surface area contributed by atoms with Gasteiger partial charge >= 0.3 is 0 Å². The van der Waals surface area contributed by atoms with E-state index >= 15 is 8.78 Å². The van der Waals surface area contributed by atoms with Crippen molar-refractivity contribution in [2.45, 2.75) is 83.5 Å². The molecule has 8 rings (SSSR count). The number of alkyl halides is 2. The molecule has 6 heteroatoms. The predicted octanol–water partition coefficient (Wildman–Crippen LogP) is 12.9. The van der Waals surface area contributed by atoms with E-state index in [1.165, 1.54) is 44.4 Å². The average Bonchev–Trinajstić information content (AvgIpc) is 3.72. The minimum atomic E-state index is -2.65. The third kappa shape index (κ3) is 6.55. The molecule has 0 radical (unpaired) electrons. The number of fused-ring (bicyclic) bond motifs is 7. The lowest BCUT2D eigenvalue weighted by atomic mass is 9.76. The Morgan fingerprint density at radius 1 is 0.786 bits per heavy atom. The molecule has 0 atom stereocenters. The molecule has 4 aliphatic rings.